The number of carbonyl (C=O) groups excluding carboxylic acids is 2. The molecule has 2 aromatic heterocycles. The van der Waals surface area contributed by atoms with Crippen molar-refractivity contribution in [2.75, 3.05) is 23.7 Å². The van der Waals surface area contributed by atoms with Gasteiger partial charge in [0.25, 0.3) is 0 Å². The van der Waals surface area contributed by atoms with Crippen molar-refractivity contribution in [3.8, 4) is 11.1 Å². The molecular weight excluding hydrogens is 406 g/mol. The fourth-order valence-electron chi connectivity index (χ4n) is 4.14. The van der Waals surface area contributed by atoms with Gasteiger partial charge in [0.2, 0.25) is 17.8 Å². The summed E-state index contributed by atoms with van der Waals surface area (Å²) < 4.78 is 0. The maximum atomic E-state index is 12.3. The highest BCUT2D eigenvalue weighted by Gasteiger charge is 2.23. The van der Waals surface area contributed by atoms with Crippen LogP contribution < -0.4 is 21.3 Å². The molecule has 2 atom stereocenters. The van der Waals surface area contributed by atoms with Gasteiger partial charge in [-0.05, 0) is 68.6 Å². The summed E-state index contributed by atoms with van der Waals surface area (Å²) in [6, 6.07) is 9.30. The van der Waals surface area contributed by atoms with E-state index in [2.05, 4.69) is 36.2 Å². The normalized spacial score (nSPS) is 20.4. The molecule has 4 heterocycles. The predicted octanol–water partition coefficient (Wildman–Crippen LogP) is 2.07. The SMILES string of the molecule is O=C(Nc1ccc2cc(-c3cnc(NC(=O)[C@@H]4CCCN4)nc3)ccc2n1)[C@@H]1CCCN1. The number of nitrogens with zero attached hydrogens (tertiary/aromatic N) is 3. The van der Waals surface area contributed by atoms with Gasteiger partial charge in [-0.25, -0.2) is 15.0 Å². The number of pyridine rings is 1. The second kappa shape index (κ2) is 8.97. The van der Waals surface area contributed by atoms with E-state index < -0.39 is 0 Å². The number of amides is 2. The highest BCUT2D eigenvalue weighted by atomic mass is 16.2. The van der Waals surface area contributed by atoms with Crippen LogP contribution in [0.1, 0.15) is 25.7 Å². The minimum absolute atomic E-state index is 0.0426. The Kier molecular flexibility index (Phi) is 5.74. The molecule has 0 aliphatic carbocycles. The summed E-state index contributed by atoms with van der Waals surface area (Å²) >= 11 is 0. The van der Waals surface area contributed by atoms with E-state index in [0.717, 1.165) is 60.8 Å². The molecule has 2 saturated heterocycles. The zero-order valence-corrected chi connectivity index (χ0v) is 17.6. The number of hydrogen-bond donors (Lipinski definition) is 4. The van der Waals surface area contributed by atoms with E-state index in [1.54, 1.807) is 12.4 Å². The Balaban J connectivity index is 1.27. The van der Waals surface area contributed by atoms with E-state index in [-0.39, 0.29) is 23.9 Å². The van der Waals surface area contributed by atoms with Crippen molar-refractivity contribution in [3.63, 3.8) is 0 Å². The molecule has 0 spiro atoms. The van der Waals surface area contributed by atoms with Gasteiger partial charge in [0.05, 0.1) is 17.6 Å². The summed E-state index contributed by atoms with van der Waals surface area (Å²) in [4.78, 5) is 37.6. The molecule has 3 aromatic rings. The second-order valence-electron chi connectivity index (χ2n) is 8.18. The molecule has 0 unspecified atom stereocenters. The predicted molar refractivity (Wildman–Crippen MR) is 122 cm³/mol. The number of nitrogens with one attached hydrogen (secondary N) is 4. The molecule has 0 saturated carbocycles. The number of benzene rings is 1. The molecule has 2 aliphatic rings. The molecule has 32 heavy (non-hydrogen) atoms. The lowest BCUT2D eigenvalue weighted by atomic mass is 10.1. The van der Waals surface area contributed by atoms with Crippen LogP contribution in [-0.4, -0.2) is 51.9 Å². The Morgan fingerprint density at radius 2 is 1.53 bits per heavy atom. The fraction of sp³-hybridized carbons (Fsp3) is 0.348. The third-order valence-corrected chi connectivity index (χ3v) is 5.91. The molecule has 5 rings (SSSR count). The maximum Gasteiger partial charge on any atom is 0.243 e. The first-order valence-corrected chi connectivity index (χ1v) is 11.0. The minimum Gasteiger partial charge on any atom is -0.309 e. The van der Waals surface area contributed by atoms with Crippen LogP contribution in [0.15, 0.2) is 42.7 Å². The molecule has 2 fully saturated rings. The van der Waals surface area contributed by atoms with Crippen LogP contribution in [0.3, 0.4) is 0 Å². The van der Waals surface area contributed by atoms with Crippen LogP contribution in [0, 0.1) is 0 Å². The Labute approximate surface area is 185 Å². The van der Waals surface area contributed by atoms with Crippen molar-refractivity contribution in [3.05, 3.63) is 42.7 Å². The fourth-order valence-corrected chi connectivity index (χ4v) is 4.14. The van der Waals surface area contributed by atoms with Crippen molar-refractivity contribution in [1.29, 1.82) is 0 Å². The molecule has 4 N–H and O–H groups in total. The van der Waals surface area contributed by atoms with Gasteiger partial charge in [-0.15, -0.1) is 0 Å². The third kappa shape index (κ3) is 4.44. The van der Waals surface area contributed by atoms with Crippen LogP contribution in [-0.2, 0) is 9.59 Å². The monoisotopic (exact) mass is 431 g/mol. The first kappa shape index (κ1) is 20.5. The Hall–Kier alpha value is -3.43. The maximum absolute atomic E-state index is 12.3. The Bertz CT molecular complexity index is 1140. The van der Waals surface area contributed by atoms with Crippen molar-refractivity contribution in [2.24, 2.45) is 0 Å². The topological polar surface area (TPSA) is 121 Å². The average Bonchev–Trinajstić information content (AvgIpc) is 3.54. The van der Waals surface area contributed by atoms with Gasteiger partial charge in [0.1, 0.15) is 5.82 Å². The summed E-state index contributed by atoms with van der Waals surface area (Å²) in [6.45, 7) is 1.74. The molecule has 9 heteroatoms. The molecule has 2 amide bonds. The summed E-state index contributed by atoms with van der Waals surface area (Å²) in [5.74, 6) is 0.703. The minimum atomic E-state index is -0.171. The first-order chi connectivity index (χ1) is 15.7. The number of aromatic nitrogens is 3. The third-order valence-electron chi connectivity index (χ3n) is 5.91. The van der Waals surface area contributed by atoms with E-state index >= 15 is 0 Å². The van der Waals surface area contributed by atoms with Crippen molar-refractivity contribution in [1.82, 2.24) is 25.6 Å². The smallest absolute Gasteiger partial charge is 0.243 e. The molecular formula is C23H25N7O2. The quantitative estimate of drug-likeness (QED) is 0.488. The van der Waals surface area contributed by atoms with Crippen LogP contribution in [0.2, 0.25) is 0 Å². The molecule has 0 bridgehead atoms. The number of anilines is 2. The van der Waals surface area contributed by atoms with Crippen molar-refractivity contribution in [2.45, 2.75) is 37.8 Å². The zero-order chi connectivity index (χ0) is 21.9. The van der Waals surface area contributed by atoms with Crippen LogP contribution in [0.25, 0.3) is 22.0 Å². The van der Waals surface area contributed by atoms with E-state index in [0.29, 0.717) is 11.8 Å². The lowest BCUT2D eigenvalue weighted by Gasteiger charge is -2.11. The van der Waals surface area contributed by atoms with Crippen LogP contribution >= 0.6 is 0 Å². The van der Waals surface area contributed by atoms with Crippen LogP contribution in [0.5, 0.6) is 0 Å². The molecule has 164 valence electrons. The van der Waals surface area contributed by atoms with Gasteiger partial charge in [-0.2, -0.15) is 0 Å². The lowest BCUT2D eigenvalue weighted by molar-refractivity contribution is -0.118. The summed E-state index contributed by atoms with van der Waals surface area (Å²) in [5, 5.41) is 13.0. The van der Waals surface area contributed by atoms with Crippen molar-refractivity contribution >= 4 is 34.5 Å². The van der Waals surface area contributed by atoms with E-state index in [4.69, 9.17) is 0 Å². The van der Waals surface area contributed by atoms with Gasteiger partial charge in [0.15, 0.2) is 0 Å². The summed E-state index contributed by atoms with van der Waals surface area (Å²) in [7, 11) is 0. The Morgan fingerprint density at radius 3 is 2.19 bits per heavy atom. The highest BCUT2D eigenvalue weighted by Crippen LogP contribution is 2.24. The lowest BCUT2D eigenvalue weighted by Crippen LogP contribution is -2.35. The number of carbonyl (C=O) groups is 2. The summed E-state index contributed by atoms with van der Waals surface area (Å²) in [6.07, 6.45) is 7.09. The molecule has 9 nitrogen and oxygen atoms in total. The molecule has 0 radical (unpaired) electrons. The largest absolute Gasteiger partial charge is 0.309 e. The molecule has 1 aromatic carbocycles. The van der Waals surface area contributed by atoms with Gasteiger partial charge in [0, 0.05) is 23.3 Å². The zero-order valence-electron chi connectivity index (χ0n) is 17.6. The number of hydrogen-bond acceptors (Lipinski definition) is 7. The first-order valence-electron chi connectivity index (χ1n) is 11.0. The van der Waals surface area contributed by atoms with Crippen molar-refractivity contribution < 1.29 is 9.59 Å². The standard InChI is InChI=1S/C23H25N7O2/c31-21(18-3-1-9-24-18)29-20-8-6-15-11-14(5-7-17(15)28-20)16-12-26-23(27-13-16)30-22(32)19-4-2-10-25-19/h5-8,11-13,18-19,24-25H,1-4,9-10H2,(H,28,29,31)(H,26,27,30,32)/t18-,19-/m0/s1. The Morgan fingerprint density at radius 1 is 0.844 bits per heavy atom. The van der Waals surface area contributed by atoms with Gasteiger partial charge in [-0.1, -0.05) is 6.07 Å². The van der Waals surface area contributed by atoms with Crippen LogP contribution in [0.4, 0.5) is 11.8 Å². The van der Waals surface area contributed by atoms with Gasteiger partial charge >= 0.3 is 0 Å². The average molecular weight is 432 g/mol. The van der Waals surface area contributed by atoms with Gasteiger partial charge < -0.3 is 16.0 Å². The van der Waals surface area contributed by atoms with E-state index in [9.17, 15) is 9.59 Å². The number of fused-ring (bicyclic) bond motifs is 1. The van der Waals surface area contributed by atoms with Gasteiger partial charge in [-0.3, -0.25) is 14.9 Å². The second-order valence-corrected chi connectivity index (χ2v) is 8.18. The van der Waals surface area contributed by atoms with E-state index in [1.165, 1.54) is 0 Å². The highest BCUT2D eigenvalue weighted by molar-refractivity contribution is 5.96. The number of rotatable bonds is 5. The summed E-state index contributed by atoms with van der Waals surface area (Å²) in [5.41, 5.74) is 2.58. The molecule has 2 aliphatic heterocycles. The van der Waals surface area contributed by atoms with E-state index in [1.807, 2.05) is 30.3 Å².